The van der Waals surface area contributed by atoms with E-state index in [4.69, 9.17) is 0 Å². The molecule has 2 aromatic rings. The molecule has 2 aromatic carbocycles. The number of carbonyl (C=O) groups excluding carboxylic acids is 2. The molecule has 2 N–H and O–H groups in total. The largest absolute Gasteiger partial charge is 0.374 e. The summed E-state index contributed by atoms with van der Waals surface area (Å²) in [6, 6.07) is 14.4. The maximum Gasteiger partial charge on any atom is 0.313 e. The lowest BCUT2D eigenvalue weighted by Crippen LogP contribution is -2.43. The average Bonchev–Trinajstić information content (AvgIpc) is 2.85. The van der Waals surface area contributed by atoms with Crippen molar-refractivity contribution in [2.75, 3.05) is 43.4 Å². The van der Waals surface area contributed by atoms with E-state index >= 15 is 0 Å². The van der Waals surface area contributed by atoms with E-state index in [-0.39, 0.29) is 6.04 Å². The smallest absolute Gasteiger partial charge is 0.313 e. The van der Waals surface area contributed by atoms with Crippen molar-refractivity contribution in [1.82, 2.24) is 10.2 Å². The van der Waals surface area contributed by atoms with Crippen LogP contribution in [0.15, 0.2) is 42.5 Å². The predicted molar refractivity (Wildman–Crippen MR) is 134 cm³/mol. The zero-order valence-corrected chi connectivity index (χ0v) is 19.9. The number of hydrogen-bond acceptors (Lipinski definition) is 4. The highest BCUT2D eigenvalue weighted by atomic mass is 16.2. The second-order valence-corrected chi connectivity index (χ2v) is 9.24. The minimum Gasteiger partial charge on any atom is -0.374 e. The van der Waals surface area contributed by atoms with E-state index in [9.17, 15) is 9.59 Å². The van der Waals surface area contributed by atoms with Crippen molar-refractivity contribution >= 4 is 23.2 Å². The van der Waals surface area contributed by atoms with Crippen molar-refractivity contribution in [3.63, 3.8) is 0 Å². The van der Waals surface area contributed by atoms with E-state index < -0.39 is 11.8 Å². The molecule has 2 aliphatic heterocycles. The van der Waals surface area contributed by atoms with Crippen molar-refractivity contribution in [2.24, 2.45) is 0 Å². The third-order valence-electron chi connectivity index (χ3n) is 6.95. The molecule has 33 heavy (non-hydrogen) atoms. The van der Waals surface area contributed by atoms with Gasteiger partial charge in [0.25, 0.3) is 0 Å². The van der Waals surface area contributed by atoms with Gasteiger partial charge >= 0.3 is 11.8 Å². The molecule has 0 aromatic heterocycles. The van der Waals surface area contributed by atoms with E-state index in [0.29, 0.717) is 12.2 Å². The molecule has 0 radical (unpaired) electrons. The van der Waals surface area contributed by atoms with Gasteiger partial charge in [0.2, 0.25) is 0 Å². The summed E-state index contributed by atoms with van der Waals surface area (Å²) in [5, 5.41) is 5.62. The van der Waals surface area contributed by atoms with Crippen LogP contribution in [0.3, 0.4) is 0 Å². The number of hydrogen-bond donors (Lipinski definition) is 2. The lowest BCUT2D eigenvalue weighted by molar-refractivity contribution is -0.136. The molecule has 0 aliphatic carbocycles. The van der Waals surface area contributed by atoms with Crippen LogP contribution in [0.5, 0.6) is 0 Å². The Morgan fingerprint density at radius 3 is 2.42 bits per heavy atom. The Hall–Kier alpha value is -2.86. The summed E-state index contributed by atoms with van der Waals surface area (Å²) < 4.78 is 0. The number of carbonyl (C=O) groups is 2. The van der Waals surface area contributed by atoms with Crippen LogP contribution in [0, 0.1) is 0 Å². The minimum absolute atomic E-state index is 0.0726. The summed E-state index contributed by atoms with van der Waals surface area (Å²) in [6.45, 7) is 5.64. The number of likely N-dealkylation sites (tertiary alicyclic amines) is 1. The average molecular weight is 449 g/mol. The predicted octanol–water partition coefficient (Wildman–Crippen LogP) is 3.91. The zero-order valence-electron chi connectivity index (χ0n) is 19.9. The molecule has 2 aliphatic rings. The molecule has 1 atom stereocenters. The Kier molecular flexibility index (Phi) is 7.65. The second-order valence-electron chi connectivity index (χ2n) is 9.24. The quantitative estimate of drug-likeness (QED) is 0.658. The minimum atomic E-state index is -0.622. The molecule has 176 valence electrons. The fourth-order valence-corrected chi connectivity index (χ4v) is 4.98. The monoisotopic (exact) mass is 448 g/mol. The van der Waals surface area contributed by atoms with Crippen LogP contribution in [0.4, 0.5) is 11.4 Å². The summed E-state index contributed by atoms with van der Waals surface area (Å²) in [5.74, 6) is -1.21. The Bertz CT molecular complexity index is 967. The summed E-state index contributed by atoms with van der Waals surface area (Å²) in [5.41, 5.74) is 5.74. The fraction of sp³-hybridized carbons (Fsp3) is 0.481. The van der Waals surface area contributed by atoms with Crippen molar-refractivity contribution < 1.29 is 9.59 Å². The molecular formula is C27H36N4O2. The lowest BCUT2D eigenvalue weighted by Gasteiger charge is -2.36. The van der Waals surface area contributed by atoms with Crippen LogP contribution in [-0.2, 0) is 22.4 Å². The number of anilines is 2. The summed E-state index contributed by atoms with van der Waals surface area (Å²) in [4.78, 5) is 29.9. The Labute approximate surface area is 197 Å². The first kappa shape index (κ1) is 23.3. The van der Waals surface area contributed by atoms with Crippen molar-refractivity contribution in [2.45, 2.75) is 51.5 Å². The van der Waals surface area contributed by atoms with Crippen molar-refractivity contribution in [3.05, 3.63) is 59.2 Å². The molecular weight excluding hydrogens is 412 g/mol. The second kappa shape index (κ2) is 10.8. The van der Waals surface area contributed by atoms with Gasteiger partial charge in [-0.05, 0) is 80.1 Å². The third-order valence-corrected chi connectivity index (χ3v) is 6.95. The number of nitrogens with one attached hydrogen (secondary N) is 2. The van der Waals surface area contributed by atoms with Crippen LogP contribution in [-0.4, -0.2) is 49.9 Å². The van der Waals surface area contributed by atoms with E-state index in [1.54, 1.807) is 0 Å². The number of aryl methyl sites for hydroxylation is 2. The molecule has 2 heterocycles. The number of nitrogens with zero attached hydrogens (tertiary/aromatic N) is 2. The first-order valence-electron chi connectivity index (χ1n) is 12.3. The summed E-state index contributed by atoms with van der Waals surface area (Å²) >= 11 is 0. The van der Waals surface area contributed by atoms with Crippen LogP contribution in [0.25, 0.3) is 0 Å². The highest BCUT2D eigenvalue weighted by Crippen LogP contribution is 2.31. The highest BCUT2D eigenvalue weighted by molar-refractivity contribution is 6.39. The van der Waals surface area contributed by atoms with Crippen LogP contribution in [0.1, 0.15) is 55.3 Å². The first-order valence-corrected chi connectivity index (χ1v) is 12.3. The molecule has 6 nitrogen and oxygen atoms in total. The number of rotatable bonds is 6. The van der Waals surface area contributed by atoms with Gasteiger partial charge in [-0.1, -0.05) is 37.6 Å². The van der Waals surface area contributed by atoms with Gasteiger partial charge in [0.05, 0.1) is 6.04 Å². The molecule has 4 rings (SSSR count). The van der Waals surface area contributed by atoms with Gasteiger partial charge in [0.1, 0.15) is 0 Å². The Morgan fingerprint density at radius 2 is 1.70 bits per heavy atom. The number of benzene rings is 2. The standard InChI is InChI=1S/C27H36N4O2/c1-3-20-9-12-23(13-10-20)29-27(33)26(32)28-19-25(31-16-5-4-6-17-31)22-11-14-24-21(18-22)8-7-15-30(24)2/h9-14,18,25H,3-8,15-17,19H2,1-2H3,(H,28,32)(H,29,33)/t25-/m0/s1. The normalized spacial score (nSPS) is 17.2. The van der Waals surface area contributed by atoms with Gasteiger partial charge in [0.15, 0.2) is 0 Å². The molecule has 2 amide bonds. The van der Waals surface area contributed by atoms with E-state index in [1.165, 1.54) is 41.6 Å². The summed E-state index contributed by atoms with van der Waals surface area (Å²) in [6.07, 6.45) is 6.79. The third kappa shape index (κ3) is 5.74. The van der Waals surface area contributed by atoms with Crippen molar-refractivity contribution in [1.29, 1.82) is 0 Å². The van der Waals surface area contributed by atoms with E-state index in [2.05, 4.69) is 52.6 Å². The van der Waals surface area contributed by atoms with Gasteiger partial charge in [0, 0.05) is 31.5 Å². The number of fused-ring (bicyclic) bond motifs is 1. The van der Waals surface area contributed by atoms with Crippen molar-refractivity contribution in [3.8, 4) is 0 Å². The van der Waals surface area contributed by atoms with Gasteiger partial charge in [-0.2, -0.15) is 0 Å². The first-order chi connectivity index (χ1) is 16.0. The van der Waals surface area contributed by atoms with Crippen LogP contribution < -0.4 is 15.5 Å². The SMILES string of the molecule is CCc1ccc(NC(=O)C(=O)NC[C@@H](c2ccc3c(c2)CCCN3C)N2CCCCC2)cc1. The molecule has 6 heteroatoms. The molecule has 0 saturated carbocycles. The lowest BCUT2D eigenvalue weighted by atomic mass is 9.95. The topological polar surface area (TPSA) is 64.7 Å². The van der Waals surface area contributed by atoms with Crippen LogP contribution in [0.2, 0.25) is 0 Å². The van der Waals surface area contributed by atoms with E-state index in [1.807, 2.05) is 24.3 Å². The summed E-state index contributed by atoms with van der Waals surface area (Å²) in [7, 11) is 2.15. The van der Waals surface area contributed by atoms with E-state index in [0.717, 1.165) is 38.9 Å². The number of amides is 2. The maximum absolute atomic E-state index is 12.6. The molecule has 0 unspecified atom stereocenters. The van der Waals surface area contributed by atoms with Gasteiger partial charge in [-0.15, -0.1) is 0 Å². The van der Waals surface area contributed by atoms with Crippen LogP contribution >= 0.6 is 0 Å². The highest BCUT2D eigenvalue weighted by Gasteiger charge is 2.26. The molecule has 1 saturated heterocycles. The Morgan fingerprint density at radius 1 is 0.939 bits per heavy atom. The Balaban J connectivity index is 1.44. The fourth-order valence-electron chi connectivity index (χ4n) is 4.98. The van der Waals surface area contributed by atoms with Gasteiger partial charge in [-0.25, -0.2) is 0 Å². The molecule has 1 fully saturated rings. The molecule has 0 spiro atoms. The number of piperidine rings is 1. The zero-order chi connectivity index (χ0) is 23.2. The van der Waals surface area contributed by atoms with Gasteiger partial charge in [-0.3, -0.25) is 14.5 Å². The maximum atomic E-state index is 12.6. The molecule has 0 bridgehead atoms. The van der Waals surface area contributed by atoms with Gasteiger partial charge < -0.3 is 15.5 Å².